The van der Waals surface area contributed by atoms with Crippen LogP contribution in [0.3, 0.4) is 0 Å². The first-order valence-electron chi connectivity index (χ1n) is 21.7. The van der Waals surface area contributed by atoms with Gasteiger partial charge in [-0.05, 0) is 62.8 Å². The number of nitrogens with zero attached hydrogens (tertiary/aromatic N) is 1. The summed E-state index contributed by atoms with van der Waals surface area (Å²) in [5, 5.41) is 66.4. The Labute approximate surface area is 387 Å². The van der Waals surface area contributed by atoms with Crippen LogP contribution in [-0.4, -0.2) is 164 Å². The maximum Gasteiger partial charge on any atom is 0.328 e. The van der Waals surface area contributed by atoms with E-state index >= 15 is 0 Å². The molecule has 10 atom stereocenters. The van der Waals surface area contributed by atoms with Gasteiger partial charge in [0.05, 0.1) is 25.4 Å². The van der Waals surface area contributed by atoms with Gasteiger partial charge >= 0.3 is 5.97 Å². The first-order valence-corrected chi connectivity index (χ1v) is 21.7. The van der Waals surface area contributed by atoms with Crippen LogP contribution in [-0.2, 0) is 56.0 Å². The van der Waals surface area contributed by atoms with E-state index in [1.165, 1.54) is 49.9 Å². The summed E-state index contributed by atoms with van der Waals surface area (Å²) in [7, 11) is 0. The number of likely N-dealkylation sites (tertiary alicyclic amines) is 1. The topological polar surface area (TPSA) is 368 Å². The first-order chi connectivity index (χ1) is 31.6. The molecule has 23 nitrogen and oxygen atoms in total. The average Bonchev–Trinajstić information content (AvgIpc) is 3.78. The Morgan fingerprint density at radius 3 is 1.69 bits per heavy atom. The van der Waals surface area contributed by atoms with E-state index in [2.05, 4.69) is 37.2 Å². The standard InChI is InChI=1S/C44H63N9O14/c1-22(2)34(50-42(64)35(24(4)55)51-39(61)31(21-54)47-33(58)20-45)41(63)49-29(19-27-13-15-28(57)16-14-27)37(59)46-23(3)43(65)53-17-9-12-32(53)40(62)48-30(18-26-10-7-6-8-11-26)38(60)52-36(25(5)56)44(66)67/h6-8,10-11,13-16,22-25,29-32,34-36,54-57H,9,12,17-21,45H2,1-5H3,(H,46,59)(H,47,58)(H,48,62)(H,49,63)(H,50,64)(H,51,61)(H,52,60)(H,66,67)/t23-,24+,25+,29-,30-,31-,32-,34-,35-,36-/m0/s1. The first kappa shape index (κ1) is 54.6. The van der Waals surface area contributed by atoms with E-state index in [1.54, 1.807) is 44.2 Å². The van der Waals surface area contributed by atoms with E-state index < -0.39 is 133 Å². The molecule has 8 amide bonds. The van der Waals surface area contributed by atoms with E-state index in [9.17, 15) is 68.7 Å². The highest BCUT2D eigenvalue weighted by molar-refractivity contribution is 5.98. The lowest BCUT2D eigenvalue weighted by atomic mass is 10.00. The third kappa shape index (κ3) is 16.3. The summed E-state index contributed by atoms with van der Waals surface area (Å²) in [4.78, 5) is 120. The molecule has 67 heavy (non-hydrogen) atoms. The maximum absolute atomic E-state index is 14.0. The number of phenolic OH excluding ortho intramolecular Hbond substituents is 1. The highest BCUT2D eigenvalue weighted by atomic mass is 16.4. The summed E-state index contributed by atoms with van der Waals surface area (Å²) in [6.45, 7) is 5.60. The summed E-state index contributed by atoms with van der Waals surface area (Å²) < 4.78 is 0. The maximum atomic E-state index is 14.0. The lowest BCUT2D eigenvalue weighted by molar-refractivity contribution is -0.145. The number of carboxylic acids is 1. The summed E-state index contributed by atoms with van der Waals surface area (Å²) in [5.41, 5.74) is 6.35. The van der Waals surface area contributed by atoms with Crippen molar-refractivity contribution in [2.45, 2.75) is 121 Å². The molecule has 1 saturated heterocycles. The predicted molar refractivity (Wildman–Crippen MR) is 238 cm³/mol. The number of aliphatic hydroxyl groups excluding tert-OH is 3. The molecule has 1 fully saturated rings. The number of benzene rings is 2. The van der Waals surface area contributed by atoms with E-state index in [4.69, 9.17) is 5.73 Å². The molecule has 1 aliphatic rings. The van der Waals surface area contributed by atoms with Crippen LogP contribution in [0.25, 0.3) is 0 Å². The van der Waals surface area contributed by atoms with E-state index in [-0.39, 0.29) is 31.6 Å². The van der Waals surface area contributed by atoms with Gasteiger partial charge in [-0.25, -0.2) is 4.79 Å². The van der Waals surface area contributed by atoms with Crippen molar-refractivity contribution in [3.63, 3.8) is 0 Å². The molecule has 2 aromatic rings. The minimum atomic E-state index is -1.68. The van der Waals surface area contributed by atoms with Crippen molar-refractivity contribution in [3.8, 4) is 5.75 Å². The Hall–Kier alpha value is -6.69. The van der Waals surface area contributed by atoms with Gasteiger partial charge in [0.1, 0.15) is 48.0 Å². The number of aromatic hydroxyl groups is 1. The number of carbonyl (C=O) groups is 9. The van der Waals surface area contributed by atoms with E-state index in [1.807, 2.05) is 0 Å². The molecule has 0 unspecified atom stereocenters. The predicted octanol–water partition coefficient (Wildman–Crippen LogP) is -3.96. The Morgan fingerprint density at radius 2 is 1.15 bits per heavy atom. The molecule has 1 heterocycles. The van der Waals surface area contributed by atoms with Crippen LogP contribution in [0.1, 0.15) is 58.6 Å². The number of aliphatic carboxylic acids is 1. The molecule has 368 valence electrons. The summed E-state index contributed by atoms with van der Waals surface area (Å²) >= 11 is 0. The van der Waals surface area contributed by atoms with Crippen LogP contribution in [0.5, 0.6) is 5.75 Å². The van der Waals surface area contributed by atoms with Crippen molar-refractivity contribution in [2.75, 3.05) is 19.7 Å². The van der Waals surface area contributed by atoms with Crippen molar-refractivity contribution < 1.29 is 68.7 Å². The molecule has 0 spiro atoms. The van der Waals surface area contributed by atoms with Crippen LogP contribution in [0.15, 0.2) is 54.6 Å². The minimum absolute atomic E-state index is 0.0631. The van der Waals surface area contributed by atoms with Crippen molar-refractivity contribution in [1.82, 2.24) is 42.1 Å². The average molecular weight is 942 g/mol. The third-order valence-electron chi connectivity index (χ3n) is 10.9. The molecule has 3 rings (SSSR count). The molecule has 1 aliphatic heterocycles. The second kappa shape index (κ2) is 25.9. The van der Waals surface area contributed by atoms with Crippen LogP contribution >= 0.6 is 0 Å². The Balaban J connectivity index is 1.81. The number of amides is 8. The normalized spacial score (nSPS) is 17.5. The largest absolute Gasteiger partial charge is 0.508 e. The van der Waals surface area contributed by atoms with Gasteiger partial charge in [0.15, 0.2) is 6.04 Å². The molecular formula is C44H63N9O14. The summed E-state index contributed by atoms with van der Waals surface area (Å²) in [6, 6.07) is 2.84. The van der Waals surface area contributed by atoms with Crippen molar-refractivity contribution in [3.05, 3.63) is 65.7 Å². The number of hydrogen-bond donors (Lipinski definition) is 13. The Kier molecular flexibility index (Phi) is 21.1. The van der Waals surface area contributed by atoms with Crippen LogP contribution in [0.2, 0.25) is 0 Å². The number of nitrogens with two attached hydrogens (primary N) is 1. The number of carboxylic acid groups (broad SMARTS) is 1. The van der Waals surface area contributed by atoms with E-state index in [0.29, 0.717) is 17.5 Å². The van der Waals surface area contributed by atoms with Gasteiger partial charge in [0.25, 0.3) is 0 Å². The zero-order chi connectivity index (χ0) is 50.1. The van der Waals surface area contributed by atoms with E-state index in [0.717, 1.165) is 0 Å². The van der Waals surface area contributed by atoms with Gasteiger partial charge in [-0.2, -0.15) is 0 Å². The van der Waals surface area contributed by atoms with Crippen molar-refractivity contribution >= 4 is 53.2 Å². The fourth-order valence-corrected chi connectivity index (χ4v) is 7.12. The molecular weight excluding hydrogens is 879 g/mol. The summed E-state index contributed by atoms with van der Waals surface area (Å²) in [6.07, 6.45) is -2.71. The molecule has 0 aliphatic carbocycles. The van der Waals surface area contributed by atoms with Gasteiger partial charge in [-0.3, -0.25) is 38.4 Å². The van der Waals surface area contributed by atoms with Crippen LogP contribution in [0, 0.1) is 5.92 Å². The molecule has 0 bridgehead atoms. The van der Waals surface area contributed by atoms with Gasteiger partial charge in [-0.15, -0.1) is 0 Å². The third-order valence-corrected chi connectivity index (χ3v) is 10.9. The minimum Gasteiger partial charge on any atom is -0.508 e. The van der Waals surface area contributed by atoms with Gasteiger partial charge in [-0.1, -0.05) is 56.3 Å². The zero-order valence-corrected chi connectivity index (χ0v) is 37.9. The van der Waals surface area contributed by atoms with Gasteiger partial charge < -0.3 is 73.4 Å². The van der Waals surface area contributed by atoms with Crippen LogP contribution < -0.4 is 43.0 Å². The zero-order valence-electron chi connectivity index (χ0n) is 37.9. The van der Waals surface area contributed by atoms with Crippen molar-refractivity contribution in [2.24, 2.45) is 11.7 Å². The Bertz CT molecular complexity index is 2050. The SMILES string of the molecule is CC(C)[C@H](NC(=O)[C@@H](NC(=O)[C@H](CO)NC(=O)CN)[C@@H](C)O)C(=O)N[C@@H](Cc1ccc(O)cc1)C(=O)N[C@@H](C)C(=O)N1CCC[C@H]1C(=O)N[C@@H](Cc1ccccc1)C(=O)N[C@H](C(=O)O)[C@@H](C)O. The highest BCUT2D eigenvalue weighted by Gasteiger charge is 2.40. The number of hydrogen-bond acceptors (Lipinski definition) is 14. The number of nitrogens with one attached hydrogen (secondary N) is 7. The number of carbonyl (C=O) groups excluding carboxylic acids is 8. The monoisotopic (exact) mass is 941 g/mol. The molecule has 0 saturated carbocycles. The Morgan fingerprint density at radius 1 is 0.642 bits per heavy atom. The lowest BCUT2D eigenvalue weighted by Gasteiger charge is -2.30. The smallest absolute Gasteiger partial charge is 0.328 e. The fourth-order valence-electron chi connectivity index (χ4n) is 7.12. The second-order valence-electron chi connectivity index (χ2n) is 16.6. The molecule has 2 aromatic carbocycles. The van der Waals surface area contributed by atoms with Crippen LogP contribution in [0.4, 0.5) is 0 Å². The molecule has 0 radical (unpaired) electrons. The fraction of sp³-hybridized carbons (Fsp3) is 0.523. The second-order valence-corrected chi connectivity index (χ2v) is 16.6. The highest BCUT2D eigenvalue weighted by Crippen LogP contribution is 2.20. The number of phenols is 1. The number of aliphatic hydroxyl groups is 3. The summed E-state index contributed by atoms with van der Waals surface area (Å²) in [5.74, 6) is -9.12. The van der Waals surface area contributed by atoms with Crippen molar-refractivity contribution in [1.29, 1.82) is 0 Å². The molecule has 23 heteroatoms. The molecule has 0 aromatic heterocycles. The molecule has 14 N–H and O–H groups in total. The number of rotatable bonds is 24. The van der Waals surface area contributed by atoms with Gasteiger partial charge in [0, 0.05) is 19.4 Å². The van der Waals surface area contributed by atoms with Gasteiger partial charge in [0.2, 0.25) is 47.3 Å². The quantitative estimate of drug-likeness (QED) is 0.0478. The lowest BCUT2D eigenvalue weighted by Crippen LogP contribution is -2.62.